The van der Waals surface area contributed by atoms with Crippen molar-refractivity contribution in [3.8, 4) is 0 Å². The van der Waals surface area contributed by atoms with Crippen LogP contribution in [0.25, 0.3) is 0 Å². The van der Waals surface area contributed by atoms with Crippen molar-refractivity contribution < 1.29 is 13.6 Å². The topological polar surface area (TPSA) is 82.0 Å². The Balaban J connectivity index is 2.01. The summed E-state index contributed by atoms with van der Waals surface area (Å²) < 4.78 is 20.1. The van der Waals surface area contributed by atoms with Crippen molar-refractivity contribution in [2.45, 2.75) is 35.9 Å². The number of alkyl halides is 1. The number of carbonyl (C=O) groups is 1. The number of carbonyl (C=O) groups excluding carboxylic acids is 1. The molecule has 108 valence electrons. The second kappa shape index (κ2) is 6.36. The van der Waals surface area contributed by atoms with Crippen LogP contribution in [0.15, 0.2) is 21.0 Å². The molecular weight excluding hydrogens is 301 g/mol. The monoisotopic (exact) mass is 315 g/mol. The van der Waals surface area contributed by atoms with Crippen molar-refractivity contribution in [3.05, 3.63) is 29.1 Å². The molecule has 2 heterocycles. The Labute approximate surface area is 123 Å². The summed E-state index contributed by atoms with van der Waals surface area (Å²) in [5, 5.41) is 0.572. The van der Waals surface area contributed by atoms with Crippen molar-refractivity contribution >= 4 is 29.0 Å². The number of nitrogens with zero attached hydrogens (tertiary/aromatic N) is 2. The molecule has 0 aliphatic carbocycles. The second-order valence-corrected chi connectivity index (χ2v) is 6.87. The molecule has 20 heavy (non-hydrogen) atoms. The summed E-state index contributed by atoms with van der Waals surface area (Å²) in [6.07, 6.45) is 3.13. The zero-order chi connectivity index (χ0) is 14.7. The van der Waals surface area contributed by atoms with Gasteiger partial charge < -0.3 is 10.2 Å². The number of oxazole rings is 1. The van der Waals surface area contributed by atoms with E-state index in [0.29, 0.717) is 15.0 Å². The van der Waals surface area contributed by atoms with E-state index in [0.717, 1.165) is 11.8 Å². The minimum Gasteiger partial charge on any atom is -0.442 e. The lowest BCUT2D eigenvalue weighted by Crippen LogP contribution is -2.13. The van der Waals surface area contributed by atoms with Crippen LogP contribution in [0.5, 0.6) is 0 Å². The Bertz CT molecular complexity index is 597. The maximum absolute atomic E-state index is 14.1. The first-order valence-electron chi connectivity index (χ1n) is 5.95. The highest BCUT2D eigenvalue weighted by Crippen LogP contribution is 2.39. The Kier molecular flexibility index (Phi) is 4.77. The number of rotatable bonds is 6. The standard InChI is InChI=1S/C12H14FN3O2S2/c1-6(2)7-4-16-12(18-7)11(13)20-10-5-15-9(19-10)3-8(14)17/h4-6,11H,3H2,1-2H3,(H2,14,17). The predicted molar refractivity (Wildman–Crippen MR) is 75.3 cm³/mol. The smallest absolute Gasteiger partial charge is 0.240 e. The fraction of sp³-hybridized carbons (Fsp3) is 0.417. The van der Waals surface area contributed by atoms with E-state index in [2.05, 4.69) is 9.97 Å². The summed E-state index contributed by atoms with van der Waals surface area (Å²) in [5.74, 6) is 0.409. The fourth-order valence-corrected chi connectivity index (χ4v) is 3.32. The first-order chi connectivity index (χ1) is 9.45. The molecule has 2 aromatic heterocycles. The van der Waals surface area contributed by atoms with Gasteiger partial charge in [0.05, 0.1) is 23.0 Å². The lowest BCUT2D eigenvalue weighted by atomic mass is 10.2. The molecule has 0 bridgehead atoms. The van der Waals surface area contributed by atoms with Gasteiger partial charge in [0.2, 0.25) is 17.3 Å². The fourth-order valence-electron chi connectivity index (χ4n) is 1.40. The summed E-state index contributed by atoms with van der Waals surface area (Å²) >= 11 is 2.19. The first kappa shape index (κ1) is 15.0. The van der Waals surface area contributed by atoms with Gasteiger partial charge in [-0.25, -0.2) is 14.4 Å². The zero-order valence-electron chi connectivity index (χ0n) is 11.0. The number of nitrogens with two attached hydrogens (primary N) is 1. The molecule has 0 saturated heterocycles. The molecular formula is C12H14FN3O2S2. The third-order valence-corrected chi connectivity index (χ3v) is 4.46. The van der Waals surface area contributed by atoms with Crippen LogP contribution in [-0.4, -0.2) is 15.9 Å². The zero-order valence-corrected chi connectivity index (χ0v) is 12.6. The highest BCUT2D eigenvalue weighted by molar-refractivity contribution is 8.01. The minimum absolute atomic E-state index is 0.0450. The van der Waals surface area contributed by atoms with E-state index >= 15 is 0 Å². The van der Waals surface area contributed by atoms with Crippen molar-refractivity contribution in [2.24, 2.45) is 5.73 Å². The number of hydrogen-bond acceptors (Lipinski definition) is 6. The molecule has 2 aromatic rings. The van der Waals surface area contributed by atoms with E-state index in [1.165, 1.54) is 17.5 Å². The van der Waals surface area contributed by atoms with E-state index in [9.17, 15) is 9.18 Å². The van der Waals surface area contributed by atoms with Crippen molar-refractivity contribution in [1.82, 2.24) is 9.97 Å². The highest BCUT2D eigenvalue weighted by atomic mass is 32.2. The van der Waals surface area contributed by atoms with Crippen LogP contribution in [0.1, 0.15) is 41.9 Å². The number of primary amides is 1. The maximum Gasteiger partial charge on any atom is 0.240 e. The predicted octanol–water partition coefficient (Wildman–Crippen LogP) is 3.04. The molecule has 1 atom stereocenters. The van der Waals surface area contributed by atoms with Crippen LogP contribution in [0.2, 0.25) is 0 Å². The van der Waals surface area contributed by atoms with Crippen molar-refractivity contribution in [3.63, 3.8) is 0 Å². The third-order valence-electron chi connectivity index (χ3n) is 2.38. The summed E-state index contributed by atoms with van der Waals surface area (Å²) in [5.41, 5.74) is 3.68. The molecule has 8 heteroatoms. The van der Waals surface area contributed by atoms with Crippen molar-refractivity contribution in [1.29, 1.82) is 0 Å². The van der Waals surface area contributed by atoms with E-state index in [1.807, 2.05) is 13.8 Å². The van der Waals surface area contributed by atoms with Crippen molar-refractivity contribution in [2.75, 3.05) is 0 Å². The van der Waals surface area contributed by atoms with Gasteiger partial charge in [0.15, 0.2) is 0 Å². The van der Waals surface area contributed by atoms with Gasteiger partial charge >= 0.3 is 0 Å². The molecule has 5 nitrogen and oxygen atoms in total. The first-order valence-corrected chi connectivity index (χ1v) is 7.64. The molecule has 0 fully saturated rings. The average Bonchev–Trinajstić information content (AvgIpc) is 2.97. The van der Waals surface area contributed by atoms with Crippen LogP contribution < -0.4 is 5.73 Å². The molecule has 1 unspecified atom stereocenters. The maximum atomic E-state index is 14.1. The van der Waals surface area contributed by atoms with E-state index in [1.54, 1.807) is 6.20 Å². The van der Waals surface area contributed by atoms with Crippen LogP contribution >= 0.6 is 23.1 Å². The number of thiazole rings is 1. The lowest BCUT2D eigenvalue weighted by Gasteiger charge is -2.01. The Morgan fingerprint density at radius 2 is 2.25 bits per heavy atom. The number of thioether (sulfide) groups is 1. The normalized spacial score (nSPS) is 12.8. The van der Waals surface area contributed by atoms with Gasteiger partial charge in [0.25, 0.3) is 0 Å². The summed E-state index contributed by atoms with van der Waals surface area (Å²) in [6, 6.07) is 0. The van der Waals surface area contributed by atoms with Gasteiger partial charge in [0, 0.05) is 5.92 Å². The van der Waals surface area contributed by atoms with E-state index < -0.39 is 11.4 Å². The summed E-state index contributed by atoms with van der Waals surface area (Å²) in [4.78, 5) is 18.7. The van der Waals surface area contributed by atoms with Crippen LogP contribution in [0.4, 0.5) is 4.39 Å². The van der Waals surface area contributed by atoms with Crippen LogP contribution in [0, 0.1) is 0 Å². The van der Waals surface area contributed by atoms with Gasteiger partial charge in [-0.2, -0.15) is 0 Å². The minimum atomic E-state index is -1.40. The SMILES string of the molecule is CC(C)c1cnc(C(F)Sc2cnc(CC(N)=O)s2)o1. The third kappa shape index (κ3) is 3.80. The number of hydrogen-bond donors (Lipinski definition) is 1. The van der Waals surface area contributed by atoms with Gasteiger partial charge in [-0.1, -0.05) is 25.6 Å². The van der Waals surface area contributed by atoms with Gasteiger partial charge in [-0.05, 0) is 0 Å². The molecule has 2 rings (SSSR count). The van der Waals surface area contributed by atoms with Gasteiger partial charge in [0.1, 0.15) is 10.8 Å². The lowest BCUT2D eigenvalue weighted by molar-refractivity contribution is -0.117. The number of halogens is 1. The molecule has 0 aromatic carbocycles. The molecule has 0 aliphatic rings. The molecule has 0 aliphatic heterocycles. The Morgan fingerprint density at radius 3 is 2.85 bits per heavy atom. The largest absolute Gasteiger partial charge is 0.442 e. The Morgan fingerprint density at radius 1 is 1.50 bits per heavy atom. The van der Waals surface area contributed by atoms with Crippen LogP contribution in [0.3, 0.4) is 0 Å². The second-order valence-electron chi connectivity index (χ2n) is 4.41. The number of aromatic nitrogens is 2. The Hall–Kier alpha value is -1.41. The average molecular weight is 315 g/mol. The van der Waals surface area contributed by atoms with E-state index in [4.69, 9.17) is 10.2 Å². The van der Waals surface area contributed by atoms with Crippen LogP contribution in [-0.2, 0) is 11.2 Å². The van der Waals surface area contributed by atoms with Gasteiger partial charge in [-0.3, -0.25) is 4.79 Å². The summed E-state index contributed by atoms with van der Waals surface area (Å²) in [6.45, 7) is 3.90. The highest BCUT2D eigenvalue weighted by Gasteiger charge is 2.20. The quantitative estimate of drug-likeness (QED) is 0.829. The summed E-state index contributed by atoms with van der Waals surface area (Å²) in [7, 11) is 0. The molecule has 2 N–H and O–H groups in total. The van der Waals surface area contributed by atoms with E-state index in [-0.39, 0.29) is 18.2 Å². The molecule has 0 spiro atoms. The molecule has 1 amide bonds. The molecule has 0 saturated carbocycles. The number of amides is 1. The molecule has 0 radical (unpaired) electrons. The van der Waals surface area contributed by atoms with Gasteiger partial charge in [-0.15, -0.1) is 11.3 Å².